The molecule has 1 rings (SSSR count). The van der Waals surface area contributed by atoms with Gasteiger partial charge in [0.2, 0.25) is 5.91 Å². The molecule has 1 aromatic rings. The summed E-state index contributed by atoms with van der Waals surface area (Å²) in [5.41, 5.74) is 0.337. The highest BCUT2D eigenvalue weighted by Gasteiger charge is 2.10. The molecular weight excluding hydrogens is 284 g/mol. The third-order valence-electron chi connectivity index (χ3n) is 2.61. The van der Waals surface area contributed by atoms with Crippen molar-refractivity contribution in [2.75, 3.05) is 25.5 Å². The van der Waals surface area contributed by atoms with Crippen LogP contribution in [0.1, 0.15) is 17.3 Å². The van der Waals surface area contributed by atoms with Gasteiger partial charge in [-0.25, -0.2) is 4.79 Å². The number of hydrogen-bond donors (Lipinski definition) is 3. The molecule has 0 bridgehead atoms. The molecule has 6 nitrogen and oxygen atoms in total. The van der Waals surface area contributed by atoms with E-state index in [2.05, 4.69) is 10.6 Å². The maximum absolute atomic E-state index is 11.7. The van der Waals surface area contributed by atoms with E-state index in [9.17, 15) is 9.59 Å². The van der Waals surface area contributed by atoms with Crippen LogP contribution in [0.25, 0.3) is 0 Å². The number of ether oxygens (including phenoxy) is 1. The van der Waals surface area contributed by atoms with Gasteiger partial charge in [-0.05, 0) is 25.1 Å². The number of carbonyl (C=O) groups excluding carboxylic acids is 1. The molecule has 0 aliphatic heterocycles. The summed E-state index contributed by atoms with van der Waals surface area (Å²) in [6.07, 6.45) is 0.00160. The smallest absolute Gasteiger partial charge is 0.335 e. The van der Waals surface area contributed by atoms with Crippen molar-refractivity contribution in [1.29, 1.82) is 0 Å². The van der Waals surface area contributed by atoms with E-state index in [4.69, 9.17) is 21.4 Å². The van der Waals surface area contributed by atoms with Crippen molar-refractivity contribution >= 4 is 29.2 Å². The van der Waals surface area contributed by atoms with E-state index in [1.165, 1.54) is 18.2 Å². The maximum atomic E-state index is 11.7. The van der Waals surface area contributed by atoms with Crippen LogP contribution in [0.5, 0.6) is 0 Å². The molecule has 1 amide bonds. The summed E-state index contributed by atoms with van der Waals surface area (Å²) >= 11 is 5.90. The summed E-state index contributed by atoms with van der Waals surface area (Å²) < 4.78 is 5.03. The molecule has 0 aliphatic rings. The van der Waals surface area contributed by atoms with E-state index in [-0.39, 0.29) is 34.8 Å². The number of carboxylic acid groups (broad SMARTS) is 1. The first kappa shape index (κ1) is 16.4. The second-order valence-corrected chi connectivity index (χ2v) is 4.63. The number of nitrogens with one attached hydrogen (secondary N) is 2. The molecular formula is C13H17ClN2O4. The van der Waals surface area contributed by atoms with Gasteiger partial charge in [0.1, 0.15) is 0 Å². The molecule has 0 saturated carbocycles. The predicted molar refractivity (Wildman–Crippen MR) is 76.4 cm³/mol. The van der Waals surface area contributed by atoms with Crippen molar-refractivity contribution in [1.82, 2.24) is 5.32 Å². The highest BCUT2D eigenvalue weighted by Crippen LogP contribution is 2.22. The molecule has 0 spiro atoms. The highest BCUT2D eigenvalue weighted by atomic mass is 35.5. The third-order valence-corrected chi connectivity index (χ3v) is 2.94. The number of carbonyl (C=O) groups is 2. The molecule has 0 heterocycles. The Morgan fingerprint density at radius 1 is 1.45 bits per heavy atom. The van der Waals surface area contributed by atoms with E-state index in [1.807, 2.05) is 6.92 Å². The second kappa shape index (κ2) is 7.84. The molecule has 1 aromatic carbocycles. The van der Waals surface area contributed by atoms with Crippen LogP contribution in [0.3, 0.4) is 0 Å². The van der Waals surface area contributed by atoms with Crippen LogP contribution in [-0.4, -0.2) is 43.3 Å². The Bertz CT molecular complexity index is 493. The lowest BCUT2D eigenvalue weighted by Gasteiger charge is -2.11. The van der Waals surface area contributed by atoms with Crippen LogP contribution in [-0.2, 0) is 9.53 Å². The fourth-order valence-electron chi connectivity index (χ4n) is 1.42. The van der Waals surface area contributed by atoms with Gasteiger partial charge in [0.25, 0.3) is 0 Å². The largest absolute Gasteiger partial charge is 0.478 e. The molecule has 0 aliphatic carbocycles. The van der Waals surface area contributed by atoms with Crippen molar-refractivity contribution < 1.29 is 19.4 Å². The number of methoxy groups -OCH3 is 1. The average molecular weight is 301 g/mol. The lowest BCUT2D eigenvalue weighted by molar-refractivity contribution is -0.115. The van der Waals surface area contributed by atoms with E-state index >= 15 is 0 Å². The summed E-state index contributed by atoms with van der Waals surface area (Å²) in [5.74, 6) is -1.39. The maximum Gasteiger partial charge on any atom is 0.335 e. The monoisotopic (exact) mass is 300 g/mol. The van der Waals surface area contributed by atoms with E-state index in [0.29, 0.717) is 6.54 Å². The SMILES string of the molecule is COC(C)CNCC(=O)Nc1cc(C(=O)O)ccc1Cl. The number of rotatable bonds is 7. The summed E-state index contributed by atoms with van der Waals surface area (Å²) in [7, 11) is 1.59. The van der Waals surface area contributed by atoms with Crippen LogP contribution in [0.15, 0.2) is 18.2 Å². The number of anilines is 1. The van der Waals surface area contributed by atoms with Crippen molar-refractivity contribution in [3.63, 3.8) is 0 Å². The van der Waals surface area contributed by atoms with Crippen LogP contribution >= 0.6 is 11.6 Å². The van der Waals surface area contributed by atoms with Crippen LogP contribution < -0.4 is 10.6 Å². The van der Waals surface area contributed by atoms with Gasteiger partial charge in [-0.1, -0.05) is 11.6 Å². The zero-order chi connectivity index (χ0) is 15.1. The van der Waals surface area contributed by atoms with Gasteiger partial charge in [-0.15, -0.1) is 0 Å². The first-order valence-corrected chi connectivity index (χ1v) is 6.38. The Morgan fingerprint density at radius 3 is 2.75 bits per heavy atom. The zero-order valence-corrected chi connectivity index (χ0v) is 12.0. The van der Waals surface area contributed by atoms with Gasteiger partial charge in [0.15, 0.2) is 0 Å². The average Bonchev–Trinajstić information content (AvgIpc) is 2.40. The van der Waals surface area contributed by atoms with Gasteiger partial charge in [0.05, 0.1) is 28.9 Å². The third kappa shape index (κ3) is 5.16. The molecule has 0 fully saturated rings. The van der Waals surface area contributed by atoms with Crippen molar-refractivity contribution in [3.8, 4) is 0 Å². The minimum Gasteiger partial charge on any atom is -0.478 e. The van der Waals surface area contributed by atoms with Crippen molar-refractivity contribution in [3.05, 3.63) is 28.8 Å². The fourth-order valence-corrected chi connectivity index (χ4v) is 1.59. The molecule has 1 atom stereocenters. The number of carboxylic acids is 1. The van der Waals surface area contributed by atoms with Gasteiger partial charge in [-0.3, -0.25) is 4.79 Å². The Kier molecular flexibility index (Phi) is 6.44. The minimum atomic E-state index is -1.08. The minimum absolute atomic E-state index is 0.00160. The standard InChI is InChI=1S/C13H17ClN2O4/c1-8(20-2)6-15-7-12(17)16-11-5-9(13(18)19)3-4-10(11)14/h3-5,8,15H,6-7H2,1-2H3,(H,16,17)(H,18,19). The Labute approximate surface area is 122 Å². The Balaban J connectivity index is 2.57. The van der Waals surface area contributed by atoms with Crippen LogP contribution in [0, 0.1) is 0 Å². The topological polar surface area (TPSA) is 87.7 Å². The molecule has 20 heavy (non-hydrogen) atoms. The van der Waals surface area contributed by atoms with Crippen LogP contribution in [0.2, 0.25) is 5.02 Å². The number of aromatic carboxylic acids is 1. The number of amides is 1. The second-order valence-electron chi connectivity index (χ2n) is 4.23. The molecule has 7 heteroatoms. The van der Waals surface area contributed by atoms with Gasteiger partial charge >= 0.3 is 5.97 Å². The highest BCUT2D eigenvalue weighted by molar-refractivity contribution is 6.33. The van der Waals surface area contributed by atoms with Gasteiger partial charge in [0, 0.05) is 13.7 Å². The first-order chi connectivity index (χ1) is 9.43. The number of halogens is 1. The predicted octanol–water partition coefficient (Wildman–Crippen LogP) is 1.60. The van der Waals surface area contributed by atoms with Crippen LogP contribution in [0.4, 0.5) is 5.69 Å². The molecule has 0 radical (unpaired) electrons. The summed E-state index contributed by atoms with van der Waals surface area (Å²) in [6.45, 7) is 2.49. The fraction of sp³-hybridized carbons (Fsp3) is 0.385. The molecule has 3 N–H and O–H groups in total. The quantitative estimate of drug-likeness (QED) is 0.712. The zero-order valence-electron chi connectivity index (χ0n) is 11.3. The summed E-state index contributed by atoms with van der Waals surface area (Å²) in [4.78, 5) is 22.5. The molecule has 0 aromatic heterocycles. The lowest BCUT2D eigenvalue weighted by atomic mass is 10.2. The molecule has 110 valence electrons. The Hall–Kier alpha value is -1.63. The normalized spacial score (nSPS) is 11.9. The van der Waals surface area contributed by atoms with E-state index in [0.717, 1.165) is 0 Å². The number of hydrogen-bond acceptors (Lipinski definition) is 4. The van der Waals surface area contributed by atoms with E-state index < -0.39 is 5.97 Å². The first-order valence-electron chi connectivity index (χ1n) is 6.00. The lowest BCUT2D eigenvalue weighted by Crippen LogP contribution is -2.33. The summed E-state index contributed by atoms with van der Waals surface area (Å²) in [5, 5.41) is 14.6. The molecule has 1 unspecified atom stereocenters. The van der Waals surface area contributed by atoms with Crippen molar-refractivity contribution in [2.24, 2.45) is 0 Å². The Morgan fingerprint density at radius 2 is 2.15 bits per heavy atom. The van der Waals surface area contributed by atoms with Gasteiger partial charge < -0.3 is 20.5 Å². The number of benzene rings is 1. The van der Waals surface area contributed by atoms with Crippen molar-refractivity contribution in [2.45, 2.75) is 13.0 Å². The van der Waals surface area contributed by atoms with Gasteiger partial charge in [-0.2, -0.15) is 0 Å². The van der Waals surface area contributed by atoms with E-state index in [1.54, 1.807) is 7.11 Å². The molecule has 0 saturated heterocycles. The summed E-state index contributed by atoms with van der Waals surface area (Å²) in [6, 6.07) is 4.13.